The lowest BCUT2D eigenvalue weighted by molar-refractivity contribution is 0.622. The Kier molecular flexibility index (Phi) is 2.84. The smallest absolute Gasteiger partial charge is 0.152 e. The number of halogens is 1. The molecule has 0 saturated carbocycles. The van der Waals surface area contributed by atoms with Crippen LogP contribution >= 0.6 is 0 Å². The van der Waals surface area contributed by atoms with E-state index in [-0.39, 0.29) is 0 Å². The first kappa shape index (κ1) is 9.51. The van der Waals surface area contributed by atoms with Gasteiger partial charge in [0.15, 0.2) is 5.82 Å². The molecular formula is C9H12FN3. The number of nitrogens with zero attached hydrogens (tertiary/aromatic N) is 2. The number of anilines is 2. The van der Waals surface area contributed by atoms with Crippen LogP contribution in [0.25, 0.3) is 0 Å². The SMILES string of the molecule is C=CCN(C)c1ncc(F)cc1N. The predicted octanol–water partition coefficient (Wildman–Crippen LogP) is 1.43. The van der Waals surface area contributed by atoms with Crippen molar-refractivity contribution < 1.29 is 4.39 Å². The van der Waals surface area contributed by atoms with Crippen LogP contribution in [0.15, 0.2) is 24.9 Å². The van der Waals surface area contributed by atoms with Gasteiger partial charge in [-0.1, -0.05) is 6.08 Å². The molecule has 0 spiro atoms. The summed E-state index contributed by atoms with van der Waals surface area (Å²) in [5.41, 5.74) is 5.91. The fourth-order valence-corrected chi connectivity index (χ4v) is 1.05. The van der Waals surface area contributed by atoms with Gasteiger partial charge in [0.1, 0.15) is 5.82 Å². The normalized spacial score (nSPS) is 9.69. The van der Waals surface area contributed by atoms with E-state index in [1.54, 1.807) is 11.0 Å². The number of pyridine rings is 1. The second-order valence-electron chi connectivity index (χ2n) is 2.74. The molecular weight excluding hydrogens is 169 g/mol. The maximum Gasteiger partial charge on any atom is 0.152 e. The average Bonchev–Trinajstić information content (AvgIpc) is 2.04. The molecule has 4 heteroatoms. The first-order valence-electron chi connectivity index (χ1n) is 3.88. The van der Waals surface area contributed by atoms with Crippen LogP contribution in [0.1, 0.15) is 0 Å². The van der Waals surface area contributed by atoms with Crippen LogP contribution in [0.5, 0.6) is 0 Å². The maximum atomic E-state index is 12.6. The van der Waals surface area contributed by atoms with E-state index in [0.717, 1.165) is 6.20 Å². The summed E-state index contributed by atoms with van der Waals surface area (Å²) in [6.07, 6.45) is 2.87. The third-order valence-corrected chi connectivity index (χ3v) is 1.63. The largest absolute Gasteiger partial charge is 0.396 e. The van der Waals surface area contributed by atoms with Gasteiger partial charge in [0.2, 0.25) is 0 Å². The number of aromatic nitrogens is 1. The van der Waals surface area contributed by atoms with Gasteiger partial charge >= 0.3 is 0 Å². The first-order valence-corrected chi connectivity index (χ1v) is 3.88. The molecule has 0 radical (unpaired) electrons. The monoisotopic (exact) mass is 181 g/mol. The van der Waals surface area contributed by atoms with E-state index in [2.05, 4.69) is 11.6 Å². The minimum absolute atomic E-state index is 0.337. The van der Waals surface area contributed by atoms with Gasteiger partial charge in [-0.25, -0.2) is 9.37 Å². The molecule has 1 heterocycles. The van der Waals surface area contributed by atoms with Crippen molar-refractivity contribution in [3.05, 3.63) is 30.7 Å². The van der Waals surface area contributed by atoms with Crippen LogP contribution in [0.2, 0.25) is 0 Å². The van der Waals surface area contributed by atoms with Crippen molar-refractivity contribution in [1.82, 2.24) is 4.98 Å². The molecule has 0 bridgehead atoms. The molecule has 0 aliphatic heterocycles. The van der Waals surface area contributed by atoms with E-state index in [0.29, 0.717) is 18.1 Å². The number of hydrogen-bond donors (Lipinski definition) is 1. The molecule has 0 aromatic carbocycles. The molecule has 1 aromatic heterocycles. The van der Waals surface area contributed by atoms with E-state index in [9.17, 15) is 4.39 Å². The van der Waals surface area contributed by atoms with E-state index in [4.69, 9.17) is 5.73 Å². The third kappa shape index (κ3) is 2.18. The van der Waals surface area contributed by atoms with Gasteiger partial charge < -0.3 is 10.6 Å². The molecule has 2 N–H and O–H groups in total. The van der Waals surface area contributed by atoms with Crippen LogP contribution in [0.4, 0.5) is 15.9 Å². The highest BCUT2D eigenvalue weighted by molar-refractivity contribution is 5.62. The Morgan fingerprint density at radius 2 is 2.46 bits per heavy atom. The van der Waals surface area contributed by atoms with Crippen LogP contribution in [-0.4, -0.2) is 18.6 Å². The van der Waals surface area contributed by atoms with Crippen LogP contribution < -0.4 is 10.6 Å². The van der Waals surface area contributed by atoms with E-state index < -0.39 is 5.82 Å². The lowest BCUT2D eigenvalue weighted by Gasteiger charge is -2.17. The molecule has 0 unspecified atom stereocenters. The molecule has 0 aliphatic rings. The summed E-state index contributed by atoms with van der Waals surface area (Å²) in [4.78, 5) is 5.67. The van der Waals surface area contributed by atoms with Crippen LogP contribution in [0, 0.1) is 5.82 Å². The number of rotatable bonds is 3. The summed E-state index contributed by atoms with van der Waals surface area (Å²) in [7, 11) is 1.82. The lowest BCUT2D eigenvalue weighted by atomic mass is 10.3. The Balaban J connectivity index is 2.94. The molecule has 70 valence electrons. The van der Waals surface area contributed by atoms with Gasteiger partial charge in [-0.15, -0.1) is 6.58 Å². The van der Waals surface area contributed by atoms with Crippen LogP contribution in [-0.2, 0) is 0 Å². The minimum atomic E-state index is -0.423. The molecule has 0 saturated heterocycles. The van der Waals surface area contributed by atoms with Gasteiger partial charge in [-0.2, -0.15) is 0 Å². The Hall–Kier alpha value is -1.58. The fraction of sp³-hybridized carbons (Fsp3) is 0.222. The van der Waals surface area contributed by atoms with Crippen LogP contribution in [0.3, 0.4) is 0 Å². The summed E-state index contributed by atoms with van der Waals surface area (Å²) in [6, 6.07) is 1.25. The Bertz CT molecular complexity index is 312. The molecule has 0 fully saturated rings. The summed E-state index contributed by atoms with van der Waals surface area (Å²) in [5, 5.41) is 0. The zero-order chi connectivity index (χ0) is 9.84. The first-order chi connectivity index (χ1) is 6.15. The number of nitrogens with two attached hydrogens (primary N) is 1. The Morgan fingerprint density at radius 1 is 1.77 bits per heavy atom. The Morgan fingerprint density at radius 3 is 3.00 bits per heavy atom. The molecule has 0 aliphatic carbocycles. The molecule has 0 amide bonds. The van der Waals surface area contributed by atoms with Crippen molar-refractivity contribution in [2.45, 2.75) is 0 Å². The molecule has 0 atom stereocenters. The quantitative estimate of drug-likeness (QED) is 0.717. The lowest BCUT2D eigenvalue weighted by Crippen LogP contribution is -2.19. The van der Waals surface area contributed by atoms with Crippen molar-refractivity contribution in [2.24, 2.45) is 0 Å². The van der Waals surface area contributed by atoms with Crippen molar-refractivity contribution in [2.75, 3.05) is 24.2 Å². The molecule has 1 rings (SSSR count). The summed E-state index contributed by atoms with van der Waals surface area (Å²) in [5.74, 6) is 0.148. The van der Waals surface area contributed by atoms with Crippen molar-refractivity contribution in [3.8, 4) is 0 Å². The summed E-state index contributed by atoms with van der Waals surface area (Å²) < 4.78 is 12.6. The third-order valence-electron chi connectivity index (χ3n) is 1.63. The standard InChI is InChI=1S/C9H12FN3/c1-3-4-13(2)9-8(11)5-7(10)6-12-9/h3,5-6H,1,4,11H2,2H3. The van der Waals surface area contributed by atoms with Gasteiger partial charge in [-0.3, -0.25) is 0 Å². The minimum Gasteiger partial charge on any atom is -0.396 e. The highest BCUT2D eigenvalue weighted by atomic mass is 19.1. The fourth-order valence-electron chi connectivity index (χ4n) is 1.05. The summed E-state index contributed by atoms with van der Waals surface area (Å²) in [6.45, 7) is 4.22. The second kappa shape index (κ2) is 3.89. The summed E-state index contributed by atoms with van der Waals surface area (Å²) >= 11 is 0. The highest BCUT2D eigenvalue weighted by Crippen LogP contribution is 2.18. The number of nitrogen functional groups attached to an aromatic ring is 1. The maximum absolute atomic E-state index is 12.6. The van der Waals surface area contributed by atoms with Gasteiger partial charge in [0.25, 0.3) is 0 Å². The highest BCUT2D eigenvalue weighted by Gasteiger charge is 2.05. The van der Waals surface area contributed by atoms with Crippen molar-refractivity contribution in [1.29, 1.82) is 0 Å². The van der Waals surface area contributed by atoms with E-state index >= 15 is 0 Å². The Labute approximate surface area is 76.7 Å². The predicted molar refractivity (Wildman–Crippen MR) is 52.1 cm³/mol. The van der Waals surface area contributed by atoms with Crippen molar-refractivity contribution >= 4 is 11.5 Å². The molecule has 3 nitrogen and oxygen atoms in total. The number of hydrogen-bond acceptors (Lipinski definition) is 3. The second-order valence-corrected chi connectivity index (χ2v) is 2.74. The molecule has 13 heavy (non-hydrogen) atoms. The van der Waals surface area contributed by atoms with Crippen molar-refractivity contribution in [3.63, 3.8) is 0 Å². The zero-order valence-corrected chi connectivity index (χ0v) is 7.50. The van der Waals surface area contributed by atoms with Gasteiger partial charge in [0, 0.05) is 19.7 Å². The van der Waals surface area contributed by atoms with Gasteiger partial charge in [0.05, 0.1) is 11.9 Å². The van der Waals surface area contributed by atoms with Gasteiger partial charge in [-0.05, 0) is 0 Å². The van der Waals surface area contributed by atoms with E-state index in [1.165, 1.54) is 6.07 Å². The molecule has 1 aromatic rings. The zero-order valence-electron chi connectivity index (χ0n) is 7.50. The topological polar surface area (TPSA) is 42.2 Å². The average molecular weight is 181 g/mol. The number of likely N-dealkylation sites (N-methyl/N-ethyl adjacent to an activating group) is 1. The van der Waals surface area contributed by atoms with E-state index in [1.807, 2.05) is 7.05 Å².